The summed E-state index contributed by atoms with van der Waals surface area (Å²) in [6.07, 6.45) is 4.24. The second-order valence-corrected chi connectivity index (χ2v) is 5.68. The van der Waals surface area contributed by atoms with E-state index in [0.29, 0.717) is 12.0 Å². The maximum absolute atomic E-state index is 4.33. The SMILES string of the molecule is CC(C)CN(Cc1ncnn1C)CC1CCCN1. The minimum absolute atomic E-state index is 0.650. The number of aryl methyl sites for hydroxylation is 1. The van der Waals surface area contributed by atoms with E-state index >= 15 is 0 Å². The van der Waals surface area contributed by atoms with Crippen molar-refractivity contribution in [3.63, 3.8) is 0 Å². The molecule has 0 spiro atoms. The first-order valence-corrected chi connectivity index (χ1v) is 6.93. The first-order valence-electron chi connectivity index (χ1n) is 6.93. The van der Waals surface area contributed by atoms with Crippen molar-refractivity contribution in [1.29, 1.82) is 0 Å². The molecule has 5 heteroatoms. The van der Waals surface area contributed by atoms with Gasteiger partial charge in [-0.2, -0.15) is 5.10 Å². The van der Waals surface area contributed by atoms with Crippen LogP contribution in [0.15, 0.2) is 6.33 Å². The molecule has 0 aliphatic carbocycles. The Labute approximate surface area is 110 Å². The Morgan fingerprint density at radius 1 is 1.56 bits per heavy atom. The van der Waals surface area contributed by atoms with Gasteiger partial charge in [0.25, 0.3) is 0 Å². The van der Waals surface area contributed by atoms with Crippen LogP contribution in [0.25, 0.3) is 0 Å². The highest BCUT2D eigenvalue weighted by Crippen LogP contribution is 2.11. The molecule has 1 aromatic heterocycles. The van der Waals surface area contributed by atoms with Crippen LogP contribution in [0.5, 0.6) is 0 Å². The lowest BCUT2D eigenvalue weighted by Gasteiger charge is -2.26. The molecule has 1 aromatic rings. The number of aromatic nitrogens is 3. The molecule has 0 amide bonds. The van der Waals surface area contributed by atoms with Gasteiger partial charge in [0.1, 0.15) is 12.2 Å². The standard InChI is InChI=1S/C13H25N5/c1-11(2)7-18(8-12-5-4-6-14-12)9-13-15-10-16-17(13)3/h10-12,14H,4-9H2,1-3H3. The first-order chi connectivity index (χ1) is 8.65. The number of hydrogen-bond donors (Lipinski definition) is 1. The summed E-state index contributed by atoms with van der Waals surface area (Å²) in [5, 5.41) is 7.71. The molecule has 1 aliphatic rings. The van der Waals surface area contributed by atoms with E-state index in [0.717, 1.165) is 25.5 Å². The van der Waals surface area contributed by atoms with Crippen molar-refractivity contribution in [3.05, 3.63) is 12.2 Å². The molecule has 18 heavy (non-hydrogen) atoms. The van der Waals surface area contributed by atoms with Crippen LogP contribution in [0.1, 0.15) is 32.5 Å². The average Bonchev–Trinajstić information content (AvgIpc) is 2.91. The smallest absolute Gasteiger partial charge is 0.140 e. The Kier molecular flexibility index (Phi) is 4.72. The molecule has 0 saturated carbocycles. The zero-order valence-electron chi connectivity index (χ0n) is 11.8. The predicted molar refractivity (Wildman–Crippen MR) is 72.1 cm³/mol. The van der Waals surface area contributed by atoms with E-state index in [9.17, 15) is 0 Å². The summed E-state index contributed by atoms with van der Waals surface area (Å²) in [4.78, 5) is 6.82. The Morgan fingerprint density at radius 2 is 2.39 bits per heavy atom. The monoisotopic (exact) mass is 251 g/mol. The van der Waals surface area contributed by atoms with Crippen LogP contribution in [-0.4, -0.2) is 45.3 Å². The van der Waals surface area contributed by atoms with Crippen LogP contribution in [0.3, 0.4) is 0 Å². The van der Waals surface area contributed by atoms with Crippen LogP contribution in [0.4, 0.5) is 0 Å². The van der Waals surface area contributed by atoms with Crippen LogP contribution in [0, 0.1) is 5.92 Å². The summed E-state index contributed by atoms with van der Waals surface area (Å²) in [6, 6.07) is 0.650. The van der Waals surface area contributed by atoms with E-state index in [-0.39, 0.29) is 0 Å². The second-order valence-electron chi connectivity index (χ2n) is 5.68. The highest BCUT2D eigenvalue weighted by Gasteiger charge is 2.19. The fraction of sp³-hybridized carbons (Fsp3) is 0.846. The maximum atomic E-state index is 4.33. The molecule has 102 valence electrons. The highest BCUT2D eigenvalue weighted by atomic mass is 15.3. The van der Waals surface area contributed by atoms with Crippen molar-refractivity contribution in [2.45, 2.75) is 39.3 Å². The van der Waals surface area contributed by atoms with Gasteiger partial charge in [-0.15, -0.1) is 0 Å². The van der Waals surface area contributed by atoms with Crippen molar-refractivity contribution in [1.82, 2.24) is 25.0 Å². The van der Waals surface area contributed by atoms with Gasteiger partial charge >= 0.3 is 0 Å². The number of rotatable bonds is 6. The van der Waals surface area contributed by atoms with E-state index in [2.05, 4.69) is 34.1 Å². The number of hydrogen-bond acceptors (Lipinski definition) is 4. The molecular weight excluding hydrogens is 226 g/mol. The van der Waals surface area contributed by atoms with Gasteiger partial charge in [-0.05, 0) is 25.3 Å². The van der Waals surface area contributed by atoms with E-state index in [1.165, 1.54) is 19.4 Å². The zero-order chi connectivity index (χ0) is 13.0. The Morgan fingerprint density at radius 3 is 2.94 bits per heavy atom. The largest absolute Gasteiger partial charge is 0.313 e. The van der Waals surface area contributed by atoms with E-state index in [1.54, 1.807) is 6.33 Å². The van der Waals surface area contributed by atoms with Gasteiger partial charge in [0.05, 0.1) is 6.54 Å². The summed E-state index contributed by atoms with van der Waals surface area (Å²) in [5.74, 6) is 1.73. The molecule has 1 fully saturated rings. The van der Waals surface area contributed by atoms with E-state index in [1.807, 2.05) is 11.7 Å². The van der Waals surface area contributed by atoms with Gasteiger partial charge in [-0.25, -0.2) is 4.98 Å². The molecule has 0 bridgehead atoms. The summed E-state index contributed by atoms with van der Waals surface area (Å²) >= 11 is 0. The molecule has 1 unspecified atom stereocenters. The fourth-order valence-corrected chi connectivity index (χ4v) is 2.61. The summed E-state index contributed by atoms with van der Waals surface area (Å²) in [6.45, 7) is 8.84. The van der Waals surface area contributed by atoms with Gasteiger partial charge in [0.15, 0.2) is 0 Å². The zero-order valence-corrected chi connectivity index (χ0v) is 11.8. The van der Waals surface area contributed by atoms with Crippen molar-refractivity contribution in [3.8, 4) is 0 Å². The lowest BCUT2D eigenvalue weighted by atomic mass is 10.1. The molecule has 0 aromatic carbocycles. The highest BCUT2D eigenvalue weighted by molar-refractivity contribution is 4.86. The van der Waals surface area contributed by atoms with Gasteiger partial charge in [0, 0.05) is 26.2 Å². The van der Waals surface area contributed by atoms with Gasteiger partial charge in [-0.3, -0.25) is 9.58 Å². The average molecular weight is 251 g/mol. The third kappa shape index (κ3) is 3.78. The minimum atomic E-state index is 0.650. The minimum Gasteiger partial charge on any atom is -0.313 e. The summed E-state index contributed by atoms with van der Waals surface area (Å²) in [5.41, 5.74) is 0. The molecular formula is C13H25N5. The summed E-state index contributed by atoms with van der Waals surface area (Å²) < 4.78 is 1.87. The van der Waals surface area contributed by atoms with Crippen LogP contribution in [0.2, 0.25) is 0 Å². The van der Waals surface area contributed by atoms with E-state index < -0.39 is 0 Å². The normalized spacial score (nSPS) is 20.2. The van der Waals surface area contributed by atoms with Crippen LogP contribution < -0.4 is 5.32 Å². The molecule has 2 heterocycles. The Balaban J connectivity index is 1.93. The lowest BCUT2D eigenvalue weighted by molar-refractivity contribution is 0.209. The van der Waals surface area contributed by atoms with Crippen LogP contribution in [-0.2, 0) is 13.6 Å². The van der Waals surface area contributed by atoms with Crippen LogP contribution >= 0.6 is 0 Å². The Bertz CT molecular complexity index is 354. The van der Waals surface area contributed by atoms with Gasteiger partial charge in [0.2, 0.25) is 0 Å². The lowest BCUT2D eigenvalue weighted by Crippen LogP contribution is -2.39. The molecule has 1 aliphatic heterocycles. The second kappa shape index (κ2) is 6.29. The van der Waals surface area contributed by atoms with E-state index in [4.69, 9.17) is 0 Å². The molecule has 1 atom stereocenters. The molecule has 1 saturated heterocycles. The molecule has 0 radical (unpaired) electrons. The van der Waals surface area contributed by atoms with Crippen molar-refractivity contribution < 1.29 is 0 Å². The summed E-state index contributed by atoms with van der Waals surface area (Å²) in [7, 11) is 1.96. The van der Waals surface area contributed by atoms with Crippen molar-refractivity contribution >= 4 is 0 Å². The van der Waals surface area contributed by atoms with Crippen molar-refractivity contribution in [2.75, 3.05) is 19.6 Å². The fourth-order valence-electron chi connectivity index (χ4n) is 2.61. The molecule has 1 N–H and O–H groups in total. The topological polar surface area (TPSA) is 46.0 Å². The predicted octanol–water partition coefficient (Wildman–Crippen LogP) is 1.03. The molecule has 5 nitrogen and oxygen atoms in total. The van der Waals surface area contributed by atoms with Gasteiger partial charge in [-0.1, -0.05) is 13.8 Å². The quantitative estimate of drug-likeness (QED) is 0.820. The maximum Gasteiger partial charge on any atom is 0.140 e. The number of nitrogens with zero attached hydrogens (tertiary/aromatic N) is 4. The third-order valence-corrected chi connectivity index (χ3v) is 3.43. The third-order valence-electron chi connectivity index (χ3n) is 3.43. The Hall–Kier alpha value is -0.940. The number of nitrogens with one attached hydrogen (secondary N) is 1. The van der Waals surface area contributed by atoms with Gasteiger partial charge < -0.3 is 5.32 Å². The first kappa shape index (κ1) is 13.5. The molecule has 2 rings (SSSR count). The van der Waals surface area contributed by atoms with Crippen molar-refractivity contribution in [2.24, 2.45) is 13.0 Å².